The van der Waals surface area contributed by atoms with Crippen LogP contribution in [0.5, 0.6) is 0 Å². The van der Waals surface area contributed by atoms with Crippen LogP contribution in [0, 0.1) is 0 Å². The van der Waals surface area contributed by atoms with Crippen LogP contribution in [0.1, 0.15) is 174 Å². The minimum atomic E-state index is -4.31. The average Bonchev–Trinajstić information content (AvgIpc) is 3.13. The van der Waals surface area contributed by atoms with E-state index >= 15 is 0 Å². The number of ether oxygens (including phenoxy) is 2. The second-order valence-electron chi connectivity index (χ2n) is 13.6. The number of esters is 1. The maximum absolute atomic E-state index is 12.5. The summed E-state index contributed by atoms with van der Waals surface area (Å²) in [6.07, 6.45) is 49.1. The molecular weight excluding hydrogens is 673 g/mol. The maximum atomic E-state index is 12.5. The monoisotopic (exact) mass is 752 g/mol. The zero-order valence-corrected chi connectivity index (χ0v) is 34.2. The van der Waals surface area contributed by atoms with Crippen molar-refractivity contribution in [1.82, 2.24) is 0 Å². The van der Waals surface area contributed by atoms with Gasteiger partial charge in [0.25, 0.3) is 0 Å². The van der Waals surface area contributed by atoms with Gasteiger partial charge in [-0.3, -0.25) is 13.8 Å². The number of hydrogen-bond donors (Lipinski definition) is 2. The molecule has 9 heteroatoms. The zero-order valence-electron chi connectivity index (χ0n) is 33.3. The van der Waals surface area contributed by atoms with Gasteiger partial charge in [-0.05, 0) is 83.1 Å². The Hall–Kier alpha value is -1.96. The van der Waals surface area contributed by atoms with E-state index in [4.69, 9.17) is 24.3 Å². The molecule has 302 valence electrons. The van der Waals surface area contributed by atoms with Crippen LogP contribution in [0.4, 0.5) is 0 Å². The number of unbranched alkanes of at least 4 members (excludes halogenated alkanes) is 18. The summed E-state index contributed by atoms with van der Waals surface area (Å²) in [4.78, 5) is 22.4. The first-order valence-electron chi connectivity index (χ1n) is 20.8. The second-order valence-corrected chi connectivity index (χ2v) is 15.0. The van der Waals surface area contributed by atoms with Crippen LogP contribution in [0.25, 0.3) is 0 Å². The van der Waals surface area contributed by atoms with Gasteiger partial charge in [0.2, 0.25) is 0 Å². The van der Waals surface area contributed by atoms with Crippen LogP contribution >= 0.6 is 7.82 Å². The third-order valence-corrected chi connectivity index (χ3v) is 9.46. The van der Waals surface area contributed by atoms with Crippen molar-refractivity contribution in [3.8, 4) is 0 Å². The van der Waals surface area contributed by atoms with E-state index in [1.165, 1.54) is 109 Å². The molecule has 0 aliphatic carbocycles. The number of carbonyl (C=O) groups excluding carboxylic acids is 1. The molecule has 0 saturated carbocycles. The summed E-state index contributed by atoms with van der Waals surface area (Å²) in [5.41, 5.74) is 5.35. The Morgan fingerprint density at radius 3 is 1.56 bits per heavy atom. The number of rotatable bonds is 39. The lowest BCUT2D eigenvalue weighted by Crippen LogP contribution is -2.27. The Morgan fingerprint density at radius 2 is 1.04 bits per heavy atom. The van der Waals surface area contributed by atoms with E-state index in [-0.39, 0.29) is 32.8 Å². The lowest BCUT2D eigenvalue weighted by molar-refractivity contribution is -0.153. The lowest BCUT2D eigenvalue weighted by Gasteiger charge is -2.19. The molecule has 3 N–H and O–H groups in total. The van der Waals surface area contributed by atoms with Crippen LogP contribution in [-0.4, -0.2) is 43.3 Å². The van der Waals surface area contributed by atoms with E-state index in [2.05, 4.69) is 62.5 Å². The molecular formula is C43H78NO7P. The number of carbonyl (C=O) groups is 1. The van der Waals surface area contributed by atoms with Crippen molar-refractivity contribution in [1.29, 1.82) is 0 Å². The third kappa shape index (κ3) is 39.3. The minimum absolute atomic E-state index is 0.00464. The van der Waals surface area contributed by atoms with Gasteiger partial charge in [-0.25, -0.2) is 4.57 Å². The first-order chi connectivity index (χ1) is 25.4. The summed E-state index contributed by atoms with van der Waals surface area (Å²) in [7, 11) is -4.31. The first-order valence-corrected chi connectivity index (χ1v) is 22.3. The molecule has 8 nitrogen and oxygen atoms in total. The highest BCUT2D eigenvalue weighted by Gasteiger charge is 2.25. The summed E-state index contributed by atoms with van der Waals surface area (Å²) in [5, 5.41) is 0. The molecule has 2 atom stereocenters. The van der Waals surface area contributed by atoms with Gasteiger partial charge >= 0.3 is 13.8 Å². The Labute approximate surface area is 319 Å². The molecule has 2 unspecified atom stereocenters. The SMILES string of the molecule is CCCCCCCCC=CCC=CCC=CCCCC(=O)OC(COC=CCCCCCCC=CCCCCCCCC)COP(=O)(O)OCCN. The van der Waals surface area contributed by atoms with Crippen molar-refractivity contribution in [2.24, 2.45) is 5.73 Å². The van der Waals surface area contributed by atoms with Gasteiger partial charge in [-0.15, -0.1) is 0 Å². The van der Waals surface area contributed by atoms with Gasteiger partial charge in [-0.1, -0.05) is 140 Å². The number of phosphoric ester groups is 1. The van der Waals surface area contributed by atoms with Crippen LogP contribution in [-0.2, 0) is 27.9 Å². The normalized spacial score (nSPS) is 14.1. The maximum Gasteiger partial charge on any atom is 0.472 e. The molecule has 0 aliphatic heterocycles. The van der Waals surface area contributed by atoms with E-state index in [1.807, 2.05) is 6.08 Å². The van der Waals surface area contributed by atoms with Crippen LogP contribution in [0.15, 0.2) is 60.9 Å². The predicted octanol–water partition coefficient (Wildman–Crippen LogP) is 12.5. The molecule has 0 amide bonds. The molecule has 0 aromatic rings. The Balaban J connectivity index is 4.23. The number of phosphoric acid groups is 1. The highest BCUT2D eigenvalue weighted by Crippen LogP contribution is 2.43. The van der Waals surface area contributed by atoms with Crippen molar-refractivity contribution >= 4 is 13.8 Å². The molecule has 0 spiro atoms. The van der Waals surface area contributed by atoms with Gasteiger partial charge < -0.3 is 20.1 Å². The molecule has 0 aromatic heterocycles. The van der Waals surface area contributed by atoms with Gasteiger partial charge in [-0.2, -0.15) is 0 Å². The summed E-state index contributed by atoms with van der Waals surface area (Å²) >= 11 is 0. The van der Waals surface area contributed by atoms with Crippen molar-refractivity contribution in [2.45, 2.75) is 180 Å². The van der Waals surface area contributed by atoms with Crippen molar-refractivity contribution in [2.75, 3.05) is 26.4 Å². The Bertz CT molecular complexity index is 979. The van der Waals surface area contributed by atoms with Crippen LogP contribution in [0.2, 0.25) is 0 Å². The van der Waals surface area contributed by atoms with E-state index in [9.17, 15) is 14.3 Å². The second kappa shape index (κ2) is 40.2. The highest BCUT2D eigenvalue weighted by atomic mass is 31.2. The van der Waals surface area contributed by atoms with Crippen LogP contribution < -0.4 is 5.73 Å². The van der Waals surface area contributed by atoms with Gasteiger partial charge in [0.1, 0.15) is 6.61 Å². The quantitative estimate of drug-likeness (QED) is 0.0210. The molecule has 0 fully saturated rings. The standard InChI is InChI=1S/C43H78NO7P/c1-3-5-7-9-11-13-15-17-19-21-22-24-26-28-30-32-34-36-43(45)51-42(41-50-52(46,47)49-39-37-44)40-48-38-35-33-31-29-27-25-23-20-18-16-14-12-10-8-6-4-2/h17-20,22,24,28,30,35,38,42H,3-16,21,23,25-27,29,31-34,36-37,39-41,44H2,1-2H3,(H,46,47). The molecule has 0 aliphatic rings. The molecule has 0 radical (unpaired) electrons. The molecule has 0 aromatic carbocycles. The van der Waals surface area contributed by atoms with Crippen molar-refractivity contribution < 1.29 is 32.8 Å². The van der Waals surface area contributed by atoms with Crippen molar-refractivity contribution in [3.05, 3.63) is 60.9 Å². The topological polar surface area (TPSA) is 117 Å². The summed E-state index contributed by atoms with van der Waals surface area (Å²) < 4.78 is 33.1. The van der Waals surface area contributed by atoms with E-state index in [0.29, 0.717) is 6.42 Å². The number of hydrogen-bond acceptors (Lipinski definition) is 7. The lowest BCUT2D eigenvalue weighted by atomic mass is 10.1. The highest BCUT2D eigenvalue weighted by molar-refractivity contribution is 7.47. The van der Waals surface area contributed by atoms with Gasteiger partial charge in [0, 0.05) is 13.0 Å². The summed E-state index contributed by atoms with van der Waals surface area (Å²) in [5.74, 6) is -0.407. The fourth-order valence-electron chi connectivity index (χ4n) is 5.38. The number of nitrogens with two attached hydrogens (primary N) is 1. The number of allylic oxidation sites excluding steroid dienone is 9. The first kappa shape index (κ1) is 50.0. The molecule has 0 saturated heterocycles. The molecule has 52 heavy (non-hydrogen) atoms. The Kier molecular flexibility index (Phi) is 38.7. The largest absolute Gasteiger partial charge is 0.498 e. The fourth-order valence-corrected chi connectivity index (χ4v) is 6.15. The van der Waals surface area contributed by atoms with Crippen molar-refractivity contribution in [3.63, 3.8) is 0 Å². The van der Waals surface area contributed by atoms with Gasteiger partial charge in [0.15, 0.2) is 6.10 Å². The molecule has 0 bridgehead atoms. The zero-order chi connectivity index (χ0) is 38.1. The minimum Gasteiger partial charge on any atom is -0.498 e. The third-order valence-electron chi connectivity index (χ3n) is 8.47. The fraction of sp³-hybridized carbons (Fsp3) is 0.744. The van der Waals surface area contributed by atoms with E-state index in [1.54, 1.807) is 6.26 Å². The summed E-state index contributed by atoms with van der Waals surface area (Å²) in [6, 6.07) is 0. The van der Waals surface area contributed by atoms with E-state index < -0.39 is 19.9 Å². The van der Waals surface area contributed by atoms with Gasteiger partial charge in [0.05, 0.1) is 19.5 Å². The average molecular weight is 752 g/mol. The smallest absolute Gasteiger partial charge is 0.472 e. The van der Waals surface area contributed by atoms with Crippen LogP contribution in [0.3, 0.4) is 0 Å². The predicted molar refractivity (Wildman–Crippen MR) is 219 cm³/mol. The Morgan fingerprint density at radius 1 is 0.596 bits per heavy atom. The van der Waals surface area contributed by atoms with E-state index in [0.717, 1.165) is 38.5 Å². The molecule has 0 heterocycles. The molecule has 0 rings (SSSR count). The summed E-state index contributed by atoms with van der Waals surface area (Å²) in [6.45, 7) is 4.15.